The van der Waals surface area contributed by atoms with Crippen LogP contribution in [-0.4, -0.2) is 22.4 Å². The third-order valence-corrected chi connectivity index (χ3v) is 9.97. The van der Waals surface area contributed by atoms with Crippen molar-refractivity contribution in [3.8, 4) is 12.3 Å². The van der Waals surface area contributed by atoms with Gasteiger partial charge in [-0.05, 0) is 103 Å². The highest BCUT2D eigenvalue weighted by atomic mass is 19.3. The van der Waals surface area contributed by atoms with E-state index >= 15 is 8.78 Å². The summed E-state index contributed by atoms with van der Waals surface area (Å²) in [5.41, 5.74) is 3.07. The van der Waals surface area contributed by atoms with E-state index in [1.807, 2.05) is 13.0 Å². The Morgan fingerprint density at radius 1 is 1.06 bits per heavy atom. The number of aliphatic hydroxyl groups is 1. The Labute approximate surface area is 200 Å². The number of hydrogen-bond acceptors (Lipinski definition) is 2. The molecule has 3 saturated carbocycles. The Morgan fingerprint density at radius 2 is 1.76 bits per heavy atom. The Bertz CT molecular complexity index is 1150. The van der Waals surface area contributed by atoms with E-state index in [9.17, 15) is 9.90 Å². The van der Waals surface area contributed by atoms with Gasteiger partial charge in [0.15, 0.2) is 5.78 Å². The number of fused-ring (bicyclic) bond motifs is 4. The van der Waals surface area contributed by atoms with Gasteiger partial charge in [0, 0.05) is 17.8 Å². The van der Waals surface area contributed by atoms with Gasteiger partial charge in [0.05, 0.1) is 0 Å². The molecule has 5 aliphatic carbocycles. The molecule has 0 aromatic heterocycles. The molecule has 1 aromatic carbocycles. The maximum Gasteiger partial charge on any atom is 0.336 e. The fourth-order valence-corrected chi connectivity index (χ4v) is 8.02. The van der Waals surface area contributed by atoms with Crippen LogP contribution in [0.15, 0.2) is 47.1 Å². The van der Waals surface area contributed by atoms with Gasteiger partial charge in [-0.1, -0.05) is 36.8 Å². The van der Waals surface area contributed by atoms with E-state index in [4.69, 9.17) is 6.42 Å². The lowest BCUT2D eigenvalue weighted by Gasteiger charge is -2.55. The molecule has 1 N–H and O–H groups in total. The summed E-state index contributed by atoms with van der Waals surface area (Å²) >= 11 is 0. The van der Waals surface area contributed by atoms with Gasteiger partial charge in [0.2, 0.25) is 0 Å². The lowest BCUT2D eigenvalue weighted by molar-refractivity contribution is -0.209. The number of carbonyl (C=O) groups is 1. The molecule has 5 aliphatic rings. The molecule has 6 rings (SSSR count). The predicted octanol–water partition coefficient (Wildman–Crippen LogP) is 6.46. The molecule has 0 spiro atoms. The molecule has 5 atom stereocenters. The predicted molar refractivity (Wildman–Crippen MR) is 127 cm³/mol. The van der Waals surface area contributed by atoms with Crippen molar-refractivity contribution in [1.29, 1.82) is 0 Å². The Hall–Kier alpha value is -2.25. The lowest BCUT2D eigenvalue weighted by Crippen LogP contribution is -2.60. The van der Waals surface area contributed by atoms with Gasteiger partial charge in [-0.2, -0.15) is 8.78 Å². The van der Waals surface area contributed by atoms with E-state index in [1.54, 1.807) is 5.92 Å². The first-order chi connectivity index (χ1) is 16.2. The highest BCUT2D eigenvalue weighted by molar-refractivity contribution is 5.93. The van der Waals surface area contributed by atoms with Gasteiger partial charge in [0.25, 0.3) is 0 Å². The van der Waals surface area contributed by atoms with E-state index in [2.05, 4.69) is 24.3 Å². The minimum atomic E-state index is -3.57. The smallest absolute Gasteiger partial charge is 0.336 e. The summed E-state index contributed by atoms with van der Waals surface area (Å²) in [6, 6.07) is 8.74. The molecule has 0 radical (unpaired) electrons. The van der Waals surface area contributed by atoms with Crippen LogP contribution < -0.4 is 0 Å². The van der Waals surface area contributed by atoms with Crippen LogP contribution in [0.4, 0.5) is 8.78 Å². The van der Waals surface area contributed by atoms with Crippen LogP contribution in [-0.2, 0) is 4.79 Å². The first kappa shape index (κ1) is 22.2. The molecule has 178 valence electrons. The van der Waals surface area contributed by atoms with E-state index in [1.165, 1.54) is 29.6 Å². The molecule has 0 amide bonds. The summed E-state index contributed by atoms with van der Waals surface area (Å²) in [5, 5.41) is 11.6. The zero-order chi connectivity index (χ0) is 23.9. The van der Waals surface area contributed by atoms with Gasteiger partial charge in [0.1, 0.15) is 5.60 Å². The van der Waals surface area contributed by atoms with Crippen LogP contribution in [0.3, 0.4) is 0 Å². The molecule has 0 aliphatic heterocycles. The van der Waals surface area contributed by atoms with Gasteiger partial charge < -0.3 is 5.11 Å². The molecule has 3 fully saturated rings. The quantitative estimate of drug-likeness (QED) is 0.523. The molecule has 2 nitrogen and oxygen atoms in total. The van der Waals surface area contributed by atoms with E-state index in [0.717, 1.165) is 30.4 Å². The number of carbonyl (C=O) groups excluding carboxylic acids is 1. The fourth-order valence-electron chi connectivity index (χ4n) is 8.02. The third-order valence-electron chi connectivity index (χ3n) is 9.97. The second-order valence-corrected chi connectivity index (χ2v) is 11.6. The molecular weight excluding hydrogens is 430 g/mol. The third kappa shape index (κ3) is 2.99. The number of hydrogen-bond donors (Lipinski definition) is 1. The van der Waals surface area contributed by atoms with E-state index in [0.29, 0.717) is 25.2 Å². The summed E-state index contributed by atoms with van der Waals surface area (Å²) in [5.74, 6) is -1.05. The number of halogens is 2. The SMILES string of the molecule is C#CC(F)(F)[C@]1(O)CCC2C3CCC4=CC(=O)CCC4=C3[C@@H](c3ccc(C4CC4)cc3)C[C@@]21C. The first-order valence-corrected chi connectivity index (χ1v) is 12.8. The normalized spacial score (nSPS) is 37.4. The average Bonchev–Trinajstić information content (AvgIpc) is 3.64. The number of alkyl halides is 2. The minimum absolute atomic E-state index is 0.0268. The minimum Gasteiger partial charge on any atom is -0.382 e. The Morgan fingerprint density at radius 3 is 2.44 bits per heavy atom. The van der Waals surface area contributed by atoms with Crippen molar-refractivity contribution < 1.29 is 18.7 Å². The molecule has 0 saturated heterocycles. The van der Waals surface area contributed by atoms with Crippen molar-refractivity contribution in [2.45, 2.75) is 88.1 Å². The van der Waals surface area contributed by atoms with Gasteiger partial charge >= 0.3 is 5.92 Å². The van der Waals surface area contributed by atoms with Gasteiger partial charge in [-0.25, -0.2) is 0 Å². The second-order valence-electron chi connectivity index (χ2n) is 11.6. The first-order valence-electron chi connectivity index (χ1n) is 12.8. The van der Waals surface area contributed by atoms with Crippen molar-refractivity contribution in [2.24, 2.45) is 17.3 Å². The maximum atomic E-state index is 15.1. The van der Waals surface area contributed by atoms with Gasteiger partial charge in [-0.15, -0.1) is 6.42 Å². The van der Waals surface area contributed by atoms with E-state index in [-0.39, 0.29) is 30.0 Å². The zero-order valence-electron chi connectivity index (χ0n) is 19.7. The number of terminal acetylenes is 1. The van der Waals surface area contributed by atoms with Crippen molar-refractivity contribution in [3.05, 3.63) is 58.2 Å². The number of ketones is 1. The topological polar surface area (TPSA) is 37.3 Å². The Kier molecular flexibility index (Phi) is 4.82. The van der Waals surface area contributed by atoms with Gasteiger partial charge in [-0.3, -0.25) is 4.79 Å². The maximum absolute atomic E-state index is 15.1. The summed E-state index contributed by atoms with van der Waals surface area (Å²) in [6.45, 7) is 1.86. The van der Waals surface area contributed by atoms with Crippen molar-refractivity contribution in [1.82, 2.24) is 0 Å². The van der Waals surface area contributed by atoms with Crippen LogP contribution in [0.1, 0.15) is 87.7 Å². The molecule has 0 heterocycles. The van der Waals surface area contributed by atoms with Crippen LogP contribution in [0.2, 0.25) is 0 Å². The summed E-state index contributed by atoms with van der Waals surface area (Å²) < 4.78 is 30.3. The fraction of sp³-hybridized carbons (Fsp3) is 0.567. The number of rotatable bonds is 3. The number of allylic oxidation sites excluding steroid dienone is 4. The van der Waals surface area contributed by atoms with Crippen LogP contribution >= 0.6 is 0 Å². The highest BCUT2D eigenvalue weighted by Gasteiger charge is 2.71. The molecule has 34 heavy (non-hydrogen) atoms. The van der Waals surface area contributed by atoms with Crippen LogP contribution in [0.25, 0.3) is 0 Å². The lowest BCUT2D eigenvalue weighted by atomic mass is 9.50. The highest BCUT2D eigenvalue weighted by Crippen LogP contribution is 2.69. The molecular formula is C30H32F2O2. The monoisotopic (exact) mass is 462 g/mol. The summed E-state index contributed by atoms with van der Waals surface area (Å²) in [4.78, 5) is 12.2. The molecule has 1 aromatic rings. The number of benzene rings is 1. The van der Waals surface area contributed by atoms with Crippen LogP contribution in [0, 0.1) is 29.6 Å². The Balaban J connectivity index is 1.50. The van der Waals surface area contributed by atoms with Crippen molar-refractivity contribution >= 4 is 5.78 Å². The standard InChI is InChI=1S/C30H32F2O2/c1-3-30(31,32)29(34)15-14-26-24-12-10-21-16-22(33)11-13-23(21)27(24)25(17-28(26,29)2)20-8-6-19(7-9-20)18-4-5-18/h1,6-9,16,18,24-26,34H,4-5,10-15,17H2,2H3/t24?,25-,26?,28+,29+/m1/s1. The zero-order valence-corrected chi connectivity index (χ0v) is 19.7. The van der Waals surface area contributed by atoms with Crippen molar-refractivity contribution in [3.63, 3.8) is 0 Å². The summed E-state index contributed by atoms with van der Waals surface area (Å²) in [7, 11) is 0. The molecule has 2 unspecified atom stereocenters. The molecule has 0 bridgehead atoms. The van der Waals surface area contributed by atoms with Crippen molar-refractivity contribution in [2.75, 3.05) is 0 Å². The largest absolute Gasteiger partial charge is 0.382 e. The van der Waals surface area contributed by atoms with Crippen LogP contribution in [0.5, 0.6) is 0 Å². The molecule has 4 heteroatoms. The average molecular weight is 463 g/mol. The summed E-state index contributed by atoms with van der Waals surface area (Å²) in [6.07, 6.45) is 13.5. The van der Waals surface area contributed by atoms with E-state index < -0.39 is 16.9 Å². The second kappa shape index (κ2) is 7.37.